The maximum absolute atomic E-state index is 5.79. The molecule has 0 fully saturated rings. The average molecular weight is 438 g/mol. The van der Waals surface area contributed by atoms with E-state index < -0.39 is 0 Å². The maximum atomic E-state index is 5.79. The number of rotatable bonds is 6. The molecule has 2 heteroatoms. The zero-order chi connectivity index (χ0) is 23.2. The molecule has 0 aliphatic carbocycles. The molecule has 0 N–H and O–H groups in total. The molecule has 5 rings (SSSR count). The molecule has 2 nitrogen and oxygen atoms in total. The van der Waals surface area contributed by atoms with Gasteiger partial charge in [-0.15, -0.1) is 6.42 Å². The molecule has 3 aromatic carbocycles. The predicted octanol–water partition coefficient (Wildman–Crippen LogP) is 6.59. The molecular formula is C32H25N2+. The second kappa shape index (κ2) is 9.98. The van der Waals surface area contributed by atoms with Crippen molar-refractivity contribution in [1.29, 1.82) is 0 Å². The minimum atomic E-state index is 0.827. The molecule has 0 amide bonds. The number of aromatic nitrogens is 2. The summed E-state index contributed by atoms with van der Waals surface area (Å²) in [6.45, 7) is 0.827. The van der Waals surface area contributed by atoms with Crippen molar-refractivity contribution >= 4 is 0 Å². The van der Waals surface area contributed by atoms with E-state index in [4.69, 9.17) is 6.42 Å². The van der Waals surface area contributed by atoms with Crippen LogP contribution >= 0.6 is 0 Å². The summed E-state index contributed by atoms with van der Waals surface area (Å²) in [5.74, 6) is 2.83. The van der Waals surface area contributed by atoms with Crippen molar-refractivity contribution in [3.63, 3.8) is 0 Å². The standard InChI is InChI=1S/C32H25N2/c1-2-25-12-6-7-15-30(25)32-17-9-11-22-34(32)23-20-28-24-27(26-13-4-3-5-14-26)18-19-29(28)31-16-8-10-21-33-31/h1,3-19,21-22,24H,20,23H2/q+1. The van der Waals surface area contributed by atoms with E-state index in [1.807, 2.05) is 42.6 Å². The van der Waals surface area contributed by atoms with Crippen molar-refractivity contribution in [2.45, 2.75) is 13.0 Å². The molecule has 2 aromatic heterocycles. The third-order valence-electron chi connectivity index (χ3n) is 6.07. The van der Waals surface area contributed by atoms with E-state index in [1.165, 1.54) is 22.3 Å². The highest BCUT2D eigenvalue weighted by Crippen LogP contribution is 2.29. The molecule has 0 radical (unpaired) electrons. The van der Waals surface area contributed by atoms with Crippen LogP contribution in [-0.2, 0) is 13.0 Å². The van der Waals surface area contributed by atoms with Crippen molar-refractivity contribution < 1.29 is 4.57 Å². The summed E-state index contributed by atoms with van der Waals surface area (Å²) >= 11 is 0. The lowest BCUT2D eigenvalue weighted by Gasteiger charge is -2.12. The summed E-state index contributed by atoms with van der Waals surface area (Å²) in [4.78, 5) is 4.63. The minimum absolute atomic E-state index is 0.827. The Balaban J connectivity index is 1.53. The van der Waals surface area contributed by atoms with E-state index in [9.17, 15) is 0 Å². The van der Waals surface area contributed by atoms with E-state index in [1.54, 1.807) is 0 Å². The van der Waals surface area contributed by atoms with Crippen molar-refractivity contribution in [2.24, 2.45) is 0 Å². The summed E-state index contributed by atoms with van der Waals surface area (Å²) in [5.41, 5.74) is 8.97. The number of benzene rings is 3. The van der Waals surface area contributed by atoms with Crippen LogP contribution in [0, 0.1) is 12.3 Å². The van der Waals surface area contributed by atoms with Gasteiger partial charge >= 0.3 is 0 Å². The molecule has 0 bridgehead atoms. The van der Waals surface area contributed by atoms with Crippen LogP contribution in [0.3, 0.4) is 0 Å². The molecule has 0 saturated carbocycles. The van der Waals surface area contributed by atoms with Gasteiger partial charge in [-0.05, 0) is 47.0 Å². The molecule has 0 spiro atoms. The molecule has 0 unspecified atom stereocenters. The van der Waals surface area contributed by atoms with Crippen LogP contribution in [-0.4, -0.2) is 4.98 Å². The Morgan fingerprint density at radius 3 is 2.32 bits per heavy atom. The van der Waals surface area contributed by atoms with Crippen LogP contribution in [0.15, 0.2) is 122 Å². The number of hydrogen-bond acceptors (Lipinski definition) is 1. The van der Waals surface area contributed by atoms with Gasteiger partial charge in [-0.1, -0.05) is 72.7 Å². The lowest BCUT2D eigenvalue weighted by Crippen LogP contribution is -2.37. The monoisotopic (exact) mass is 437 g/mol. The molecule has 0 saturated heterocycles. The number of pyridine rings is 2. The fourth-order valence-corrected chi connectivity index (χ4v) is 4.37. The molecule has 0 aliphatic rings. The van der Waals surface area contributed by atoms with Crippen molar-refractivity contribution in [3.8, 4) is 46.0 Å². The first-order valence-electron chi connectivity index (χ1n) is 11.5. The topological polar surface area (TPSA) is 16.8 Å². The maximum Gasteiger partial charge on any atom is 0.213 e. The van der Waals surface area contributed by atoms with Crippen molar-refractivity contribution in [1.82, 2.24) is 4.98 Å². The second-order valence-electron chi connectivity index (χ2n) is 8.17. The third kappa shape index (κ3) is 4.51. The summed E-state index contributed by atoms with van der Waals surface area (Å²) in [5, 5.41) is 0. The first kappa shape index (κ1) is 21.4. The fourth-order valence-electron chi connectivity index (χ4n) is 4.37. The second-order valence-corrected chi connectivity index (χ2v) is 8.17. The summed E-state index contributed by atoms with van der Waals surface area (Å²) in [6.07, 6.45) is 10.6. The first-order valence-corrected chi connectivity index (χ1v) is 11.5. The van der Waals surface area contributed by atoms with Gasteiger partial charge in [0.2, 0.25) is 5.69 Å². The SMILES string of the molecule is C#Cc1ccccc1-c1cccc[n+]1CCc1cc(-c2ccccc2)ccc1-c1ccccn1. The van der Waals surface area contributed by atoms with Gasteiger partial charge in [0.1, 0.15) is 0 Å². The average Bonchev–Trinajstić information content (AvgIpc) is 2.93. The molecule has 5 aromatic rings. The van der Waals surface area contributed by atoms with Gasteiger partial charge in [-0.25, -0.2) is 0 Å². The van der Waals surface area contributed by atoms with E-state index in [0.29, 0.717) is 0 Å². The normalized spacial score (nSPS) is 10.6. The highest BCUT2D eigenvalue weighted by Gasteiger charge is 2.17. The third-order valence-corrected chi connectivity index (χ3v) is 6.07. The van der Waals surface area contributed by atoms with Gasteiger partial charge in [0.15, 0.2) is 12.7 Å². The lowest BCUT2D eigenvalue weighted by molar-refractivity contribution is -0.685. The van der Waals surface area contributed by atoms with Crippen LogP contribution in [0.5, 0.6) is 0 Å². The van der Waals surface area contributed by atoms with Crippen LogP contribution < -0.4 is 4.57 Å². The fraction of sp³-hybridized carbons (Fsp3) is 0.0625. The summed E-state index contributed by atoms with van der Waals surface area (Å²) in [7, 11) is 0. The van der Waals surface area contributed by atoms with Crippen LogP contribution in [0.25, 0.3) is 33.6 Å². The van der Waals surface area contributed by atoms with E-state index in [-0.39, 0.29) is 0 Å². The van der Waals surface area contributed by atoms with Crippen molar-refractivity contribution in [3.05, 3.63) is 133 Å². The quantitative estimate of drug-likeness (QED) is 0.216. The number of hydrogen-bond donors (Lipinski definition) is 0. The van der Waals surface area contributed by atoms with Gasteiger partial charge in [-0.2, -0.15) is 4.57 Å². The van der Waals surface area contributed by atoms with Crippen LogP contribution in [0.1, 0.15) is 11.1 Å². The molecule has 2 heterocycles. The van der Waals surface area contributed by atoms with Gasteiger partial charge in [-0.3, -0.25) is 4.98 Å². The molecule has 34 heavy (non-hydrogen) atoms. The molecular weight excluding hydrogens is 412 g/mol. The smallest absolute Gasteiger partial charge is 0.213 e. The van der Waals surface area contributed by atoms with Gasteiger partial charge in [0, 0.05) is 35.9 Å². The van der Waals surface area contributed by atoms with Crippen LogP contribution in [0.4, 0.5) is 0 Å². The van der Waals surface area contributed by atoms with Gasteiger partial charge in [0.25, 0.3) is 0 Å². The van der Waals surface area contributed by atoms with E-state index in [2.05, 4.69) is 94.5 Å². The highest BCUT2D eigenvalue weighted by atomic mass is 15.0. The van der Waals surface area contributed by atoms with E-state index >= 15 is 0 Å². The molecule has 0 aliphatic heterocycles. The molecule has 162 valence electrons. The Hall–Kier alpha value is -4.48. The zero-order valence-electron chi connectivity index (χ0n) is 18.9. The first-order chi connectivity index (χ1) is 16.8. The number of aryl methyl sites for hydroxylation is 2. The zero-order valence-corrected chi connectivity index (χ0v) is 18.9. The highest BCUT2D eigenvalue weighted by molar-refractivity contribution is 5.72. The Kier molecular flexibility index (Phi) is 6.27. The van der Waals surface area contributed by atoms with Crippen LogP contribution in [0.2, 0.25) is 0 Å². The Morgan fingerprint density at radius 1 is 0.706 bits per heavy atom. The minimum Gasteiger partial charge on any atom is -0.256 e. The Labute approximate surface area is 201 Å². The van der Waals surface area contributed by atoms with Gasteiger partial charge < -0.3 is 0 Å². The Morgan fingerprint density at radius 2 is 1.50 bits per heavy atom. The van der Waals surface area contributed by atoms with Gasteiger partial charge in [0.05, 0.1) is 11.3 Å². The number of terminal acetylenes is 1. The lowest BCUT2D eigenvalue weighted by atomic mass is 9.95. The number of nitrogens with zero attached hydrogens (tertiary/aromatic N) is 2. The Bertz CT molecular complexity index is 1450. The summed E-state index contributed by atoms with van der Waals surface area (Å²) < 4.78 is 2.29. The largest absolute Gasteiger partial charge is 0.256 e. The van der Waals surface area contributed by atoms with E-state index in [0.717, 1.165) is 35.5 Å². The van der Waals surface area contributed by atoms with Crippen molar-refractivity contribution in [2.75, 3.05) is 0 Å². The molecule has 0 atom stereocenters. The predicted molar refractivity (Wildman–Crippen MR) is 139 cm³/mol. The summed E-state index contributed by atoms with van der Waals surface area (Å²) in [6, 6.07) is 37.7.